The van der Waals surface area contributed by atoms with E-state index in [-0.39, 0.29) is 5.91 Å². The second kappa shape index (κ2) is 7.56. The maximum Gasteiger partial charge on any atom is 0.255 e. The van der Waals surface area contributed by atoms with Crippen molar-refractivity contribution in [2.75, 3.05) is 12.4 Å². The molecule has 0 aliphatic carbocycles. The van der Waals surface area contributed by atoms with E-state index in [4.69, 9.17) is 4.74 Å². The van der Waals surface area contributed by atoms with Gasteiger partial charge in [0.15, 0.2) is 0 Å². The lowest BCUT2D eigenvalue weighted by atomic mass is 10.1. The van der Waals surface area contributed by atoms with E-state index >= 15 is 0 Å². The number of amides is 1. The largest absolute Gasteiger partial charge is 0.495 e. The summed E-state index contributed by atoms with van der Waals surface area (Å²) in [5.74, 6) is 0.430. The number of pyridine rings is 1. The van der Waals surface area contributed by atoms with E-state index in [1.807, 2.05) is 77.5 Å². The summed E-state index contributed by atoms with van der Waals surface area (Å²) >= 11 is 0. The van der Waals surface area contributed by atoms with Crippen LogP contribution in [0.5, 0.6) is 5.75 Å². The van der Waals surface area contributed by atoms with Crippen LogP contribution in [-0.2, 0) is 6.42 Å². The van der Waals surface area contributed by atoms with Crippen LogP contribution in [0.2, 0.25) is 0 Å². The van der Waals surface area contributed by atoms with E-state index in [0.29, 0.717) is 17.0 Å². The Bertz CT molecular complexity index is 1100. The molecule has 28 heavy (non-hydrogen) atoms. The number of nitrogens with one attached hydrogen (secondary N) is 1. The molecule has 0 radical (unpaired) electrons. The number of carbonyl (C=O) groups excluding carboxylic acids is 1. The van der Waals surface area contributed by atoms with Crippen LogP contribution in [0.3, 0.4) is 0 Å². The molecule has 0 fully saturated rings. The molecule has 0 spiro atoms. The first kappa shape index (κ1) is 17.8. The van der Waals surface area contributed by atoms with E-state index in [2.05, 4.69) is 17.2 Å². The number of ether oxygens (including phenoxy) is 1. The highest BCUT2D eigenvalue weighted by atomic mass is 16.5. The van der Waals surface area contributed by atoms with Crippen LogP contribution in [0.4, 0.5) is 5.69 Å². The Morgan fingerprint density at radius 3 is 2.64 bits per heavy atom. The van der Waals surface area contributed by atoms with Gasteiger partial charge in [-0.05, 0) is 54.4 Å². The Morgan fingerprint density at radius 1 is 1.11 bits per heavy atom. The van der Waals surface area contributed by atoms with Gasteiger partial charge in [-0.1, -0.05) is 25.1 Å². The summed E-state index contributed by atoms with van der Waals surface area (Å²) in [5, 5.41) is 2.96. The van der Waals surface area contributed by atoms with Crippen LogP contribution in [0.25, 0.3) is 16.9 Å². The topological polar surface area (TPSA) is 55.6 Å². The number of fused-ring (bicyclic) bond motifs is 1. The maximum atomic E-state index is 12.7. The first-order chi connectivity index (χ1) is 13.7. The second-order valence-electron chi connectivity index (χ2n) is 6.51. The minimum absolute atomic E-state index is 0.173. The van der Waals surface area contributed by atoms with Crippen LogP contribution in [-0.4, -0.2) is 22.4 Å². The summed E-state index contributed by atoms with van der Waals surface area (Å²) in [6, 6.07) is 19.2. The molecular weight excluding hydrogens is 350 g/mol. The fourth-order valence-corrected chi connectivity index (χ4v) is 3.13. The number of imidazole rings is 1. The molecule has 5 heteroatoms. The highest BCUT2D eigenvalue weighted by Crippen LogP contribution is 2.31. The molecule has 0 unspecified atom stereocenters. The van der Waals surface area contributed by atoms with Crippen molar-refractivity contribution in [2.45, 2.75) is 13.3 Å². The number of aromatic nitrogens is 2. The molecule has 2 aromatic heterocycles. The van der Waals surface area contributed by atoms with E-state index in [0.717, 1.165) is 23.3 Å². The van der Waals surface area contributed by atoms with Crippen molar-refractivity contribution in [3.63, 3.8) is 0 Å². The van der Waals surface area contributed by atoms with Crippen LogP contribution >= 0.6 is 0 Å². The molecule has 0 saturated carbocycles. The molecule has 2 heterocycles. The van der Waals surface area contributed by atoms with Crippen LogP contribution < -0.4 is 10.1 Å². The van der Waals surface area contributed by atoms with Gasteiger partial charge in [-0.3, -0.25) is 4.79 Å². The molecule has 0 bridgehead atoms. The van der Waals surface area contributed by atoms with Crippen molar-refractivity contribution in [2.24, 2.45) is 0 Å². The van der Waals surface area contributed by atoms with Gasteiger partial charge < -0.3 is 14.5 Å². The van der Waals surface area contributed by atoms with Crippen molar-refractivity contribution < 1.29 is 9.53 Å². The number of methoxy groups -OCH3 is 1. The fourth-order valence-electron chi connectivity index (χ4n) is 3.13. The van der Waals surface area contributed by atoms with Crippen molar-refractivity contribution in [3.8, 4) is 17.0 Å². The standard InChI is InChI=1S/C23H21N3O2/c1-3-16-7-9-17(10-8-16)23(27)25-19-14-18(11-12-21(19)28-2)20-15-26-13-5-4-6-22(26)24-20/h4-15H,3H2,1-2H3,(H,25,27). The number of anilines is 1. The summed E-state index contributed by atoms with van der Waals surface area (Å²) in [6.07, 6.45) is 4.86. The molecule has 4 rings (SSSR count). The molecule has 0 atom stereocenters. The van der Waals surface area contributed by atoms with Crippen LogP contribution in [0.1, 0.15) is 22.8 Å². The number of aryl methyl sites for hydroxylation is 1. The summed E-state index contributed by atoms with van der Waals surface area (Å²) < 4.78 is 7.39. The van der Waals surface area contributed by atoms with Crippen molar-refractivity contribution in [1.82, 2.24) is 9.38 Å². The normalized spacial score (nSPS) is 10.8. The quantitative estimate of drug-likeness (QED) is 0.547. The Kier molecular flexibility index (Phi) is 4.81. The van der Waals surface area contributed by atoms with Crippen LogP contribution in [0, 0.1) is 0 Å². The second-order valence-corrected chi connectivity index (χ2v) is 6.51. The van der Waals surface area contributed by atoms with Gasteiger partial charge in [-0.2, -0.15) is 0 Å². The third-order valence-corrected chi connectivity index (χ3v) is 4.73. The lowest BCUT2D eigenvalue weighted by Gasteiger charge is -2.12. The minimum Gasteiger partial charge on any atom is -0.495 e. The molecule has 4 aromatic rings. The van der Waals surface area contributed by atoms with Gasteiger partial charge in [0.05, 0.1) is 18.5 Å². The average molecular weight is 371 g/mol. The lowest BCUT2D eigenvalue weighted by molar-refractivity contribution is 0.102. The Balaban J connectivity index is 1.65. The number of benzene rings is 2. The van der Waals surface area contributed by atoms with Gasteiger partial charge >= 0.3 is 0 Å². The molecular formula is C23H21N3O2. The fraction of sp³-hybridized carbons (Fsp3) is 0.130. The molecule has 0 aliphatic rings. The smallest absolute Gasteiger partial charge is 0.255 e. The third kappa shape index (κ3) is 3.47. The zero-order valence-electron chi connectivity index (χ0n) is 15.8. The van der Waals surface area contributed by atoms with Gasteiger partial charge in [-0.15, -0.1) is 0 Å². The highest BCUT2D eigenvalue weighted by molar-refractivity contribution is 6.05. The average Bonchev–Trinajstić information content (AvgIpc) is 3.18. The van der Waals surface area contributed by atoms with E-state index in [9.17, 15) is 4.79 Å². The van der Waals surface area contributed by atoms with E-state index in [1.54, 1.807) is 7.11 Å². The van der Waals surface area contributed by atoms with Crippen molar-refractivity contribution in [1.29, 1.82) is 0 Å². The summed E-state index contributed by atoms with van der Waals surface area (Å²) in [5.41, 5.74) is 5.02. The molecule has 1 N–H and O–H groups in total. The third-order valence-electron chi connectivity index (χ3n) is 4.73. The molecule has 140 valence electrons. The van der Waals surface area contributed by atoms with Gasteiger partial charge in [0, 0.05) is 23.5 Å². The Morgan fingerprint density at radius 2 is 1.93 bits per heavy atom. The van der Waals surface area contributed by atoms with E-state index in [1.165, 1.54) is 5.56 Å². The van der Waals surface area contributed by atoms with Gasteiger partial charge in [0.25, 0.3) is 5.91 Å². The molecule has 0 aliphatic heterocycles. The molecule has 5 nitrogen and oxygen atoms in total. The monoisotopic (exact) mass is 371 g/mol. The van der Waals surface area contributed by atoms with Crippen molar-refractivity contribution >= 4 is 17.2 Å². The zero-order chi connectivity index (χ0) is 19.5. The zero-order valence-corrected chi connectivity index (χ0v) is 15.8. The summed E-state index contributed by atoms with van der Waals surface area (Å²) in [6.45, 7) is 2.09. The predicted octanol–water partition coefficient (Wildman–Crippen LogP) is 4.82. The summed E-state index contributed by atoms with van der Waals surface area (Å²) in [7, 11) is 1.59. The maximum absolute atomic E-state index is 12.7. The minimum atomic E-state index is -0.173. The SMILES string of the molecule is CCc1ccc(C(=O)Nc2cc(-c3cn4ccccc4n3)ccc2OC)cc1. The number of nitrogens with zero attached hydrogens (tertiary/aromatic N) is 2. The first-order valence-electron chi connectivity index (χ1n) is 9.20. The lowest BCUT2D eigenvalue weighted by Crippen LogP contribution is -2.12. The molecule has 1 amide bonds. The summed E-state index contributed by atoms with van der Waals surface area (Å²) in [4.78, 5) is 17.3. The first-order valence-corrected chi connectivity index (χ1v) is 9.20. The van der Waals surface area contributed by atoms with E-state index < -0.39 is 0 Å². The molecule has 2 aromatic carbocycles. The van der Waals surface area contributed by atoms with Gasteiger partial charge in [-0.25, -0.2) is 4.98 Å². The number of hydrogen-bond acceptors (Lipinski definition) is 3. The Hall–Kier alpha value is -3.60. The van der Waals surface area contributed by atoms with Gasteiger partial charge in [0.1, 0.15) is 11.4 Å². The number of rotatable bonds is 5. The van der Waals surface area contributed by atoms with Crippen LogP contribution in [0.15, 0.2) is 73.1 Å². The highest BCUT2D eigenvalue weighted by Gasteiger charge is 2.13. The predicted molar refractivity (Wildman–Crippen MR) is 111 cm³/mol. The van der Waals surface area contributed by atoms with Gasteiger partial charge in [0.2, 0.25) is 0 Å². The molecule has 0 saturated heterocycles. The Labute approximate surface area is 163 Å². The number of carbonyl (C=O) groups is 1. The van der Waals surface area contributed by atoms with Crippen molar-refractivity contribution in [3.05, 3.63) is 84.2 Å². The number of hydrogen-bond donors (Lipinski definition) is 1.